The predicted octanol–water partition coefficient (Wildman–Crippen LogP) is 3.18. The van der Waals surface area contributed by atoms with E-state index < -0.39 is 12.8 Å². The van der Waals surface area contributed by atoms with Crippen molar-refractivity contribution in [3.8, 4) is 0 Å². The number of nitrogens with zero attached hydrogens (tertiary/aromatic N) is 2. The first-order chi connectivity index (χ1) is 7.96. The SMILES string of the molecule is FC(F)(F)COCc1cnc2ccc(Br)cn12. The normalized spacial score (nSPS) is 12.2. The van der Waals surface area contributed by atoms with Gasteiger partial charge >= 0.3 is 6.18 Å². The second kappa shape index (κ2) is 4.66. The van der Waals surface area contributed by atoms with Gasteiger partial charge in [-0.1, -0.05) is 0 Å². The zero-order chi connectivity index (χ0) is 12.5. The maximum Gasteiger partial charge on any atom is 0.411 e. The van der Waals surface area contributed by atoms with Gasteiger partial charge in [-0.3, -0.25) is 0 Å². The third-order valence-corrected chi connectivity index (χ3v) is 2.53. The molecule has 0 aliphatic heterocycles. The molecule has 0 bridgehead atoms. The number of halogens is 4. The van der Waals surface area contributed by atoms with Crippen molar-refractivity contribution in [1.29, 1.82) is 0 Å². The molecular weight excluding hydrogens is 301 g/mol. The summed E-state index contributed by atoms with van der Waals surface area (Å²) in [5.74, 6) is 0. The molecule has 17 heavy (non-hydrogen) atoms. The van der Waals surface area contributed by atoms with Gasteiger partial charge in [0.25, 0.3) is 0 Å². The van der Waals surface area contributed by atoms with E-state index in [1.54, 1.807) is 16.7 Å². The monoisotopic (exact) mass is 308 g/mol. The molecule has 2 heterocycles. The number of hydrogen-bond donors (Lipinski definition) is 0. The topological polar surface area (TPSA) is 26.5 Å². The van der Waals surface area contributed by atoms with Gasteiger partial charge < -0.3 is 9.14 Å². The summed E-state index contributed by atoms with van der Waals surface area (Å²) in [4.78, 5) is 4.06. The van der Waals surface area contributed by atoms with Gasteiger partial charge in [-0.2, -0.15) is 13.2 Å². The highest BCUT2D eigenvalue weighted by Gasteiger charge is 2.27. The Morgan fingerprint density at radius 2 is 2.12 bits per heavy atom. The van der Waals surface area contributed by atoms with E-state index in [-0.39, 0.29) is 6.61 Å². The summed E-state index contributed by atoms with van der Waals surface area (Å²) < 4.78 is 42.8. The molecule has 2 rings (SSSR count). The van der Waals surface area contributed by atoms with E-state index >= 15 is 0 Å². The molecule has 0 fully saturated rings. The molecule has 0 N–H and O–H groups in total. The van der Waals surface area contributed by atoms with Gasteiger partial charge in [0.1, 0.15) is 12.3 Å². The standard InChI is InChI=1S/C10H8BrF3N2O/c11-7-1-2-9-15-3-8(16(9)4-7)5-17-6-10(12,13)14/h1-4H,5-6H2. The molecule has 0 saturated heterocycles. The molecule has 2 aromatic rings. The molecule has 0 radical (unpaired) electrons. The van der Waals surface area contributed by atoms with Gasteiger partial charge in [-0.25, -0.2) is 4.98 Å². The summed E-state index contributed by atoms with van der Waals surface area (Å²) >= 11 is 3.28. The van der Waals surface area contributed by atoms with E-state index in [2.05, 4.69) is 25.7 Å². The summed E-state index contributed by atoms with van der Waals surface area (Å²) in [7, 11) is 0. The highest BCUT2D eigenvalue weighted by Crippen LogP contribution is 2.17. The summed E-state index contributed by atoms with van der Waals surface area (Å²) in [6, 6.07) is 3.57. The van der Waals surface area contributed by atoms with Crippen LogP contribution in [0.15, 0.2) is 29.0 Å². The van der Waals surface area contributed by atoms with E-state index in [0.29, 0.717) is 11.3 Å². The molecule has 2 aromatic heterocycles. The van der Waals surface area contributed by atoms with Crippen molar-refractivity contribution in [2.24, 2.45) is 0 Å². The van der Waals surface area contributed by atoms with E-state index in [0.717, 1.165) is 4.47 Å². The Morgan fingerprint density at radius 3 is 2.82 bits per heavy atom. The molecule has 0 atom stereocenters. The fourth-order valence-electron chi connectivity index (χ4n) is 1.38. The van der Waals surface area contributed by atoms with E-state index in [9.17, 15) is 13.2 Å². The maximum atomic E-state index is 11.9. The number of fused-ring (bicyclic) bond motifs is 1. The van der Waals surface area contributed by atoms with Gasteiger partial charge in [0.15, 0.2) is 0 Å². The van der Waals surface area contributed by atoms with Crippen molar-refractivity contribution in [3.05, 3.63) is 34.7 Å². The van der Waals surface area contributed by atoms with Crippen LogP contribution in [-0.4, -0.2) is 22.2 Å². The van der Waals surface area contributed by atoms with E-state index in [1.807, 2.05) is 6.07 Å². The molecule has 0 unspecified atom stereocenters. The Balaban J connectivity index is 2.11. The number of rotatable bonds is 3. The second-order valence-electron chi connectivity index (χ2n) is 3.43. The number of pyridine rings is 1. The van der Waals surface area contributed by atoms with Crippen LogP contribution in [0, 0.1) is 0 Å². The molecule has 7 heteroatoms. The number of imidazole rings is 1. The van der Waals surface area contributed by atoms with Crippen molar-refractivity contribution in [2.75, 3.05) is 6.61 Å². The largest absolute Gasteiger partial charge is 0.411 e. The summed E-state index contributed by atoms with van der Waals surface area (Å²) in [5, 5.41) is 0. The Bertz CT molecular complexity index is 524. The van der Waals surface area contributed by atoms with E-state index in [1.165, 1.54) is 6.20 Å². The summed E-state index contributed by atoms with van der Waals surface area (Å²) in [6.07, 6.45) is -1.08. The number of alkyl halides is 3. The van der Waals surface area contributed by atoms with Gasteiger partial charge in [-0.15, -0.1) is 0 Å². The van der Waals surface area contributed by atoms with Crippen molar-refractivity contribution >= 4 is 21.6 Å². The quantitative estimate of drug-likeness (QED) is 0.870. The lowest BCUT2D eigenvalue weighted by atomic mass is 10.4. The smallest absolute Gasteiger partial charge is 0.366 e. The highest BCUT2D eigenvalue weighted by molar-refractivity contribution is 9.10. The Morgan fingerprint density at radius 1 is 1.35 bits per heavy atom. The molecule has 0 aliphatic carbocycles. The molecule has 92 valence electrons. The van der Waals surface area contributed by atoms with Crippen LogP contribution in [0.5, 0.6) is 0 Å². The van der Waals surface area contributed by atoms with Gasteiger partial charge in [0.2, 0.25) is 0 Å². The minimum absolute atomic E-state index is 0.128. The zero-order valence-electron chi connectivity index (χ0n) is 8.54. The first-order valence-electron chi connectivity index (χ1n) is 4.72. The third-order valence-electron chi connectivity index (χ3n) is 2.06. The van der Waals surface area contributed by atoms with Crippen molar-refractivity contribution in [2.45, 2.75) is 12.8 Å². The van der Waals surface area contributed by atoms with Crippen LogP contribution < -0.4 is 0 Å². The van der Waals surface area contributed by atoms with Crippen LogP contribution in [0.3, 0.4) is 0 Å². The van der Waals surface area contributed by atoms with E-state index in [4.69, 9.17) is 0 Å². The fraction of sp³-hybridized carbons (Fsp3) is 0.300. The zero-order valence-corrected chi connectivity index (χ0v) is 10.1. The highest BCUT2D eigenvalue weighted by atomic mass is 79.9. The molecule has 0 aliphatic rings. The Kier molecular flexibility index (Phi) is 3.39. The van der Waals surface area contributed by atoms with Crippen molar-refractivity contribution < 1.29 is 17.9 Å². The predicted molar refractivity (Wildman–Crippen MR) is 58.6 cm³/mol. The fourth-order valence-corrected chi connectivity index (χ4v) is 1.72. The Labute approximate surface area is 103 Å². The third kappa shape index (κ3) is 3.19. The van der Waals surface area contributed by atoms with Crippen molar-refractivity contribution in [1.82, 2.24) is 9.38 Å². The molecule has 0 aromatic carbocycles. The summed E-state index contributed by atoms with van der Waals surface area (Å²) in [6.45, 7) is -1.38. The molecule has 0 amide bonds. The lowest BCUT2D eigenvalue weighted by Crippen LogP contribution is -2.17. The minimum atomic E-state index is -4.30. The van der Waals surface area contributed by atoms with Crippen LogP contribution in [0.25, 0.3) is 5.65 Å². The van der Waals surface area contributed by atoms with Crippen LogP contribution in [-0.2, 0) is 11.3 Å². The Hall–Kier alpha value is -1.08. The van der Waals surface area contributed by atoms with Gasteiger partial charge in [0, 0.05) is 10.7 Å². The minimum Gasteiger partial charge on any atom is -0.366 e. The van der Waals surface area contributed by atoms with Crippen LogP contribution in [0.2, 0.25) is 0 Å². The first kappa shape index (κ1) is 12.4. The lowest BCUT2D eigenvalue weighted by Gasteiger charge is -2.07. The summed E-state index contributed by atoms with van der Waals surface area (Å²) in [5.41, 5.74) is 1.24. The number of hydrogen-bond acceptors (Lipinski definition) is 2. The number of aromatic nitrogens is 2. The van der Waals surface area contributed by atoms with Crippen molar-refractivity contribution in [3.63, 3.8) is 0 Å². The van der Waals surface area contributed by atoms with Crippen LogP contribution in [0.1, 0.15) is 5.69 Å². The van der Waals surface area contributed by atoms with Crippen LogP contribution >= 0.6 is 15.9 Å². The molecule has 3 nitrogen and oxygen atoms in total. The van der Waals surface area contributed by atoms with Gasteiger partial charge in [0.05, 0.1) is 18.5 Å². The first-order valence-corrected chi connectivity index (χ1v) is 5.51. The van der Waals surface area contributed by atoms with Gasteiger partial charge in [-0.05, 0) is 28.1 Å². The second-order valence-corrected chi connectivity index (χ2v) is 4.35. The number of ether oxygens (including phenoxy) is 1. The lowest BCUT2D eigenvalue weighted by molar-refractivity contribution is -0.176. The average molecular weight is 309 g/mol. The molecular formula is C10H8BrF3N2O. The molecule has 0 spiro atoms. The maximum absolute atomic E-state index is 11.9. The average Bonchev–Trinajstić information content (AvgIpc) is 2.59. The van der Waals surface area contributed by atoms with Crippen LogP contribution in [0.4, 0.5) is 13.2 Å². The molecule has 0 saturated carbocycles.